The minimum absolute atomic E-state index is 0.242. The van der Waals surface area contributed by atoms with E-state index in [1.165, 1.54) is 28.7 Å². The van der Waals surface area contributed by atoms with Crippen LogP contribution >= 0.6 is 0 Å². The van der Waals surface area contributed by atoms with Crippen LogP contribution in [0.2, 0.25) is 0 Å². The zero-order valence-corrected chi connectivity index (χ0v) is 19.3. The summed E-state index contributed by atoms with van der Waals surface area (Å²) in [6, 6.07) is 21.1. The molecule has 1 N–H and O–H groups in total. The molecule has 2 aliphatic rings. The highest BCUT2D eigenvalue weighted by Gasteiger charge is 2.21. The van der Waals surface area contributed by atoms with Crippen molar-refractivity contribution in [3.63, 3.8) is 0 Å². The summed E-state index contributed by atoms with van der Waals surface area (Å²) < 4.78 is 4.64. The van der Waals surface area contributed by atoms with Gasteiger partial charge in [-0.15, -0.1) is 0 Å². The van der Waals surface area contributed by atoms with E-state index in [2.05, 4.69) is 73.0 Å². The number of anilines is 3. The molecule has 2 aromatic carbocycles. The Morgan fingerprint density at radius 1 is 0.853 bits per heavy atom. The molecule has 0 unspecified atom stereocenters. The zero-order chi connectivity index (χ0) is 23.3. The summed E-state index contributed by atoms with van der Waals surface area (Å²) in [4.78, 5) is 22.3. The van der Waals surface area contributed by atoms with Crippen LogP contribution in [0.3, 0.4) is 0 Å². The predicted molar refractivity (Wildman–Crippen MR) is 133 cm³/mol. The van der Waals surface area contributed by atoms with Crippen molar-refractivity contribution in [1.29, 1.82) is 0 Å². The predicted octanol–water partition coefficient (Wildman–Crippen LogP) is 4.59. The van der Waals surface area contributed by atoms with Gasteiger partial charge in [-0.1, -0.05) is 36.4 Å². The number of ether oxygens (including phenoxy) is 1. The first-order chi connectivity index (χ1) is 16.7. The third kappa shape index (κ3) is 4.99. The summed E-state index contributed by atoms with van der Waals surface area (Å²) >= 11 is 0. The molecule has 5 rings (SSSR count). The molecule has 7 nitrogen and oxygen atoms in total. The van der Waals surface area contributed by atoms with Crippen LogP contribution < -0.4 is 14.5 Å². The van der Waals surface area contributed by atoms with E-state index < -0.39 is 6.16 Å². The lowest BCUT2D eigenvalue weighted by Gasteiger charge is -2.36. The summed E-state index contributed by atoms with van der Waals surface area (Å²) in [5.41, 5.74) is 5.55. The van der Waals surface area contributed by atoms with Gasteiger partial charge in [0, 0.05) is 44.1 Å². The maximum absolute atomic E-state index is 10.6. The van der Waals surface area contributed by atoms with Crippen LogP contribution in [0.15, 0.2) is 66.9 Å². The average Bonchev–Trinajstić information content (AvgIpc) is 3.02. The molecule has 0 atom stereocenters. The number of rotatable bonds is 6. The number of carboxylic acid groups (broad SMARTS) is 1. The molecular formula is C27H30N4O3. The number of benzene rings is 2. The molecule has 0 spiro atoms. The van der Waals surface area contributed by atoms with Crippen LogP contribution in [0.5, 0.6) is 5.75 Å². The summed E-state index contributed by atoms with van der Waals surface area (Å²) in [7, 11) is 0. The average molecular weight is 459 g/mol. The second-order valence-electron chi connectivity index (χ2n) is 8.81. The van der Waals surface area contributed by atoms with Gasteiger partial charge in [0.25, 0.3) is 0 Å². The third-order valence-corrected chi connectivity index (χ3v) is 6.71. The van der Waals surface area contributed by atoms with E-state index in [0.29, 0.717) is 0 Å². The number of aryl methyl sites for hydroxylation is 2. The first-order valence-corrected chi connectivity index (χ1v) is 11.9. The Bertz CT molecular complexity index is 1080. The molecule has 3 aromatic rings. The van der Waals surface area contributed by atoms with Crippen molar-refractivity contribution in [2.45, 2.75) is 19.3 Å². The molecule has 2 aliphatic heterocycles. The van der Waals surface area contributed by atoms with Gasteiger partial charge in [-0.2, -0.15) is 0 Å². The number of piperazine rings is 1. The van der Waals surface area contributed by atoms with E-state index in [4.69, 9.17) is 5.11 Å². The molecular weight excluding hydrogens is 428 g/mol. The molecule has 1 fully saturated rings. The van der Waals surface area contributed by atoms with Crippen molar-refractivity contribution < 1.29 is 14.6 Å². The Labute approximate surface area is 200 Å². The Morgan fingerprint density at radius 3 is 2.09 bits per heavy atom. The number of para-hydroxylation sites is 2. The lowest BCUT2D eigenvalue weighted by molar-refractivity contribution is 0.144. The van der Waals surface area contributed by atoms with Gasteiger partial charge in [0.2, 0.25) is 0 Å². The van der Waals surface area contributed by atoms with Crippen molar-refractivity contribution in [2.75, 3.05) is 49.1 Å². The zero-order valence-electron chi connectivity index (χ0n) is 19.3. The Balaban J connectivity index is 1.17. The summed E-state index contributed by atoms with van der Waals surface area (Å²) in [5.74, 6) is 1.10. The number of hydrogen-bond donors (Lipinski definition) is 1. The van der Waals surface area contributed by atoms with Crippen molar-refractivity contribution in [1.82, 2.24) is 9.88 Å². The number of aromatic nitrogens is 1. The van der Waals surface area contributed by atoms with Gasteiger partial charge in [-0.25, -0.2) is 9.78 Å². The lowest BCUT2D eigenvalue weighted by Crippen LogP contribution is -2.47. The highest BCUT2D eigenvalue weighted by molar-refractivity contribution is 5.71. The second kappa shape index (κ2) is 10.1. The molecule has 1 saturated heterocycles. The third-order valence-electron chi connectivity index (χ3n) is 6.71. The number of pyridine rings is 1. The Hall–Kier alpha value is -3.58. The monoisotopic (exact) mass is 458 g/mol. The molecule has 7 heteroatoms. The minimum atomic E-state index is -1.32. The number of hydrogen-bond acceptors (Lipinski definition) is 6. The molecule has 1 aromatic heterocycles. The van der Waals surface area contributed by atoms with Crippen LogP contribution in [0, 0.1) is 0 Å². The van der Waals surface area contributed by atoms with Gasteiger partial charge < -0.3 is 19.6 Å². The first-order valence-electron chi connectivity index (χ1n) is 11.9. The molecule has 0 bridgehead atoms. The first kappa shape index (κ1) is 22.2. The molecule has 34 heavy (non-hydrogen) atoms. The standard InChI is InChI=1S/C27H30N4O3/c32-27(33)34-23-12-13-26(28-20-23)30-18-16-29(17-19-30)14-5-15-31-24-8-3-1-6-21(24)10-11-22-7-2-4-9-25(22)31/h1-4,6-9,12-13,20H,5,10-11,14-19H2,(H,32,33). The van der Waals surface area contributed by atoms with E-state index in [9.17, 15) is 4.79 Å². The van der Waals surface area contributed by atoms with Crippen molar-refractivity contribution in [3.8, 4) is 5.75 Å². The Kier molecular flexibility index (Phi) is 6.62. The van der Waals surface area contributed by atoms with E-state index >= 15 is 0 Å². The molecule has 0 aliphatic carbocycles. The van der Waals surface area contributed by atoms with E-state index in [0.717, 1.165) is 64.3 Å². The summed E-state index contributed by atoms with van der Waals surface area (Å²) in [5, 5.41) is 8.71. The van der Waals surface area contributed by atoms with Gasteiger partial charge in [-0.3, -0.25) is 4.90 Å². The highest BCUT2D eigenvalue weighted by atomic mass is 16.7. The largest absolute Gasteiger partial charge is 0.511 e. The lowest BCUT2D eigenvalue weighted by atomic mass is 10.0. The quantitative estimate of drug-likeness (QED) is 0.542. The van der Waals surface area contributed by atoms with Crippen LogP contribution in [-0.4, -0.2) is 60.4 Å². The Morgan fingerprint density at radius 2 is 1.50 bits per heavy atom. The van der Waals surface area contributed by atoms with Crippen molar-refractivity contribution >= 4 is 23.3 Å². The fourth-order valence-electron chi connectivity index (χ4n) is 4.98. The van der Waals surface area contributed by atoms with E-state index in [1.54, 1.807) is 6.07 Å². The topological polar surface area (TPSA) is 69.1 Å². The number of carbonyl (C=O) groups is 1. The van der Waals surface area contributed by atoms with Gasteiger partial charge in [0.05, 0.1) is 6.20 Å². The molecule has 0 amide bonds. The van der Waals surface area contributed by atoms with Gasteiger partial charge in [0.1, 0.15) is 5.82 Å². The van der Waals surface area contributed by atoms with Gasteiger partial charge >= 0.3 is 6.16 Å². The number of fused-ring (bicyclic) bond motifs is 2. The maximum atomic E-state index is 10.6. The SMILES string of the molecule is O=C(O)Oc1ccc(N2CCN(CCCN3c4ccccc4CCc4ccccc43)CC2)nc1. The minimum Gasteiger partial charge on any atom is -0.449 e. The molecule has 176 valence electrons. The maximum Gasteiger partial charge on any atom is 0.511 e. The summed E-state index contributed by atoms with van der Waals surface area (Å²) in [6.45, 7) is 5.85. The van der Waals surface area contributed by atoms with Crippen LogP contribution in [0.25, 0.3) is 0 Å². The van der Waals surface area contributed by atoms with Crippen molar-refractivity contribution in [2.24, 2.45) is 0 Å². The molecule has 0 radical (unpaired) electrons. The number of nitrogens with zero attached hydrogens (tertiary/aromatic N) is 4. The van der Waals surface area contributed by atoms with Gasteiger partial charge in [-0.05, 0) is 61.2 Å². The van der Waals surface area contributed by atoms with E-state index in [1.807, 2.05) is 6.07 Å². The molecule has 0 saturated carbocycles. The van der Waals surface area contributed by atoms with E-state index in [-0.39, 0.29) is 5.75 Å². The fourth-order valence-corrected chi connectivity index (χ4v) is 4.98. The van der Waals surface area contributed by atoms with Crippen LogP contribution in [0.1, 0.15) is 17.5 Å². The van der Waals surface area contributed by atoms with Gasteiger partial charge in [0.15, 0.2) is 5.75 Å². The second-order valence-corrected chi connectivity index (χ2v) is 8.81. The van der Waals surface area contributed by atoms with Crippen LogP contribution in [0.4, 0.5) is 22.0 Å². The normalized spacial score (nSPS) is 15.9. The van der Waals surface area contributed by atoms with Crippen molar-refractivity contribution in [3.05, 3.63) is 78.0 Å². The van der Waals surface area contributed by atoms with Crippen LogP contribution in [-0.2, 0) is 12.8 Å². The molecule has 3 heterocycles. The fraction of sp³-hybridized carbons (Fsp3) is 0.333. The smallest absolute Gasteiger partial charge is 0.449 e. The highest BCUT2D eigenvalue weighted by Crippen LogP contribution is 2.35. The summed E-state index contributed by atoms with van der Waals surface area (Å²) in [6.07, 6.45) is 3.41.